The van der Waals surface area contributed by atoms with Crippen LogP contribution in [0.15, 0.2) is 11.6 Å². The van der Waals surface area contributed by atoms with Crippen molar-refractivity contribution in [3.05, 3.63) is 11.6 Å². The molecule has 0 aromatic carbocycles. The number of rotatable bonds is 7. The lowest BCUT2D eigenvalue weighted by Gasteiger charge is -2.30. The second kappa shape index (κ2) is 10.5. The number of urea groups is 1. The van der Waals surface area contributed by atoms with Crippen molar-refractivity contribution in [1.82, 2.24) is 10.2 Å². The minimum Gasteiger partial charge on any atom is -0.469 e. The Morgan fingerprint density at radius 1 is 1.24 bits per heavy atom. The second-order valence-electron chi connectivity index (χ2n) is 7.51. The Morgan fingerprint density at radius 3 is 2.64 bits per heavy atom. The highest BCUT2D eigenvalue weighted by Gasteiger charge is 2.24. The van der Waals surface area contributed by atoms with Gasteiger partial charge in [0.1, 0.15) is 0 Å². The highest BCUT2D eigenvalue weighted by atomic mass is 16.5. The van der Waals surface area contributed by atoms with Crippen LogP contribution in [0.4, 0.5) is 4.79 Å². The van der Waals surface area contributed by atoms with Crippen molar-refractivity contribution in [3.63, 3.8) is 0 Å². The third-order valence-corrected chi connectivity index (χ3v) is 5.41. The molecule has 0 aromatic heterocycles. The number of ether oxygens (including phenoxy) is 1. The molecule has 1 atom stereocenters. The molecule has 0 heterocycles. The fourth-order valence-corrected chi connectivity index (χ4v) is 3.81. The van der Waals surface area contributed by atoms with Gasteiger partial charge in [-0.2, -0.15) is 0 Å². The van der Waals surface area contributed by atoms with Gasteiger partial charge in [-0.1, -0.05) is 37.8 Å². The third kappa shape index (κ3) is 6.71. The topological polar surface area (TPSA) is 58.6 Å². The fraction of sp³-hybridized carbons (Fsp3) is 0.800. The molecule has 0 spiro atoms. The van der Waals surface area contributed by atoms with Gasteiger partial charge in [0.05, 0.1) is 13.0 Å². The summed E-state index contributed by atoms with van der Waals surface area (Å²) in [4.78, 5) is 26.4. The van der Waals surface area contributed by atoms with E-state index < -0.39 is 0 Å². The Hall–Kier alpha value is -1.52. The number of amides is 2. The average Bonchev–Trinajstić information content (AvgIpc) is 2.65. The van der Waals surface area contributed by atoms with E-state index in [1.807, 2.05) is 11.8 Å². The Kier molecular flexibility index (Phi) is 8.29. The van der Waals surface area contributed by atoms with E-state index in [0.29, 0.717) is 13.1 Å². The molecule has 0 aromatic rings. The molecule has 0 saturated heterocycles. The molecule has 2 rings (SSSR count). The monoisotopic (exact) mass is 350 g/mol. The zero-order chi connectivity index (χ0) is 18.1. The van der Waals surface area contributed by atoms with E-state index in [2.05, 4.69) is 11.4 Å². The quantitative estimate of drug-likeness (QED) is 0.557. The zero-order valence-corrected chi connectivity index (χ0v) is 15.9. The lowest BCUT2D eigenvalue weighted by molar-refractivity contribution is -0.145. The fourth-order valence-electron chi connectivity index (χ4n) is 3.81. The summed E-state index contributed by atoms with van der Waals surface area (Å²) in [5, 5.41) is 3.18. The SMILES string of the molecule is COC(=O)C(C)CN(CCC1=CCCCC1)C(=O)NC1CCCCC1. The van der Waals surface area contributed by atoms with E-state index in [1.54, 1.807) is 0 Å². The number of carbonyl (C=O) groups is 2. The summed E-state index contributed by atoms with van der Waals surface area (Å²) in [7, 11) is 1.40. The number of carbonyl (C=O) groups excluding carboxylic acids is 2. The summed E-state index contributed by atoms with van der Waals surface area (Å²) < 4.78 is 4.83. The van der Waals surface area contributed by atoms with Gasteiger partial charge < -0.3 is 15.0 Å². The number of nitrogens with one attached hydrogen (secondary N) is 1. The summed E-state index contributed by atoms with van der Waals surface area (Å²) in [6, 6.07) is 0.255. The van der Waals surface area contributed by atoms with Crippen LogP contribution in [0, 0.1) is 5.92 Å². The molecular weight excluding hydrogens is 316 g/mol. The number of hydrogen-bond donors (Lipinski definition) is 1. The minimum absolute atomic E-state index is 0.0286. The second-order valence-corrected chi connectivity index (χ2v) is 7.51. The average molecular weight is 351 g/mol. The van der Waals surface area contributed by atoms with Crippen LogP contribution in [0.25, 0.3) is 0 Å². The maximum atomic E-state index is 12.8. The molecule has 0 radical (unpaired) electrons. The van der Waals surface area contributed by atoms with Gasteiger partial charge in [-0.3, -0.25) is 4.79 Å². The highest BCUT2D eigenvalue weighted by Crippen LogP contribution is 2.21. The van der Waals surface area contributed by atoms with Crippen molar-refractivity contribution in [2.24, 2.45) is 5.92 Å². The predicted molar refractivity (Wildman–Crippen MR) is 99.3 cm³/mol. The van der Waals surface area contributed by atoms with E-state index in [9.17, 15) is 9.59 Å². The van der Waals surface area contributed by atoms with Crippen LogP contribution in [0.2, 0.25) is 0 Å². The first-order valence-corrected chi connectivity index (χ1v) is 9.91. The first-order valence-electron chi connectivity index (χ1n) is 9.91. The maximum absolute atomic E-state index is 12.8. The lowest BCUT2D eigenvalue weighted by atomic mass is 9.95. The van der Waals surface area contributed by atoms with Gasteiger partial charge in [-0.05, 0) is 44.9 Å². The molecule has 0 aliphatic heterocycles. The standard InChI is InChI=1S/C20H34N2O3/c1-16(19(23)25-2)15-22(14-13-17-9-5-3-6-10-17)20(24)21-18-11-7-4-8-12-18/h9,16,18H,3-8,10-15H2,1-2H3,(H,21,24). The highest BCUT2D eigenvalue weighted by molar-refractivity contribution is 5.76. The first-order chi connectivity index (χ1) is 12.1. The van der Waals surface area contributed by atoms with Crippen LogP contribution < -0.4 is 5.32 Å². The summed E-state index contributed by atoms with van der Waals surface area (Å²) in [6.45, 7) is 2.91. The molecule has 2 amide bonds. The van der Waals surface area contributed by atoms with E-state index >= 15 is 0 Å². The van der Waals surface area contributed by atoms with Crippen molar-refractivity contribution in [2.75, 3.05) is 20.2 Å². The summed E-state index contributed by atoms with van der Waals surface area (Å²) >= 11 is 0. The molecule has 2 aliphatic rings. The van der Waals surface area contributed by atoms with Crippen molar-refractivity contribution in [2.45, 2.75) is 77.2 Å². The predicted octanol–water partition coefficient (Wildman–Crippen LogP) is 4.03. The normalized spacial score (nSPS) is 19.7. The smallest absolute Gasteiger partial charge is 0.317 e. The Bertz CT molecular complexity index is 470. The molecule has 5 heteroatoms. The first kappa shape index (κ1) is 19.8. The van der Waals surface area contributed by atoms with Crippen LogP contribution in [-0.4, -0.2) is 43.1 Å². The number of hydrogen-bond acceptors (Lipinski definition) is 3. The largest absolute Gasteiger partial charge is 0.469 e. The van der Waals surface area contributed by atoms with E-state index in [4.69, 9.17) is 4.74 Å². The van der Waals surface area contributed by atoms with Crippen molar-refractivity contribution >= 4 is 12.0 Å². The summed E-state index contributed by atoms with van der Waals surface area (Å²) in [5.41, 5.74) is 1.45. The van der Waals surface area contributed by atoms with Gasteiger partial charge in [0, 0.05) is 19.1 Å². The number of esters is 1. The number of allylic oxidation sites excluding steroid dienone is 1. The van der Waals surface area contributed by atoms with Gasteiger partial charge in [0.2, 0.25) is 0 Å². The zero-order valence-electron chi connectivity index (χ0n) is 15.9. The van der Waals surface area contributed by atoms with Gasteiger partial charge in [-0.15, -0.1) is 0 Å². The molecule has 2 aliphatic carbocycles. The Morgan fingerprint density at radius 2 is 2.00 bits per heavy atom. The van der Waals surface area contributed by atoms with Crippen LogP contribution >= 0.6 is 0 Å². The minimum atomic E-state index is -0.303. The van der Waals surface area contributed by atoms with Gasteiger partial charge in [0.15, 0.2) is 0 Å². The molecule has 25 heavy (non-hydrogen) atoms. The van der Waals surface area contributed by atoms with E-state index in [0.717, 1.165) is 32.1 Å². The summed E-state index contributed by atoms with van der Waals surface area (Å²) in [5.74, 6) is -0.560. The molecule has 1 fully saturated rings. The van der Waals surface area contributed by atoms with Crippen molar-refractivity contribution in [1.29, 1.82) is 0 Å². The van der Waals surface area contributed by atoms with Crippen LogP contribution in [-0.2, 0) is 9.53 Å². The number of methoxy groups -OCH3 is 1. The lowest BCUT2D eigenvalue weighted by Crippen LogP contribution is -2.48. The molecule has 142 valence electrons. The number of nitrogens with zero attached hydrogens (tertiary/aromatic N) is 1. The van der Waals surface area contributed by atoms with Crippen LogP contribution in [0.3, 0.4) is 0 Å². The molecule has 0 bridgehead atoms. The Balaban J connectivity index is 1.92. The van der Waals surface area contributed by atoms with Crippen molar-refractivity contribution < 1.29 is 14.3 Å². The van der Waals surface area contributed by atoms with Crippen LogP contribution in [0.5, 0.6) is 0 Å². The van der Waals surface area contributed by atoms with Crippen molar-refractivity contribution in [3.8, 4) is 0 Å². The molecule has 1 saturated carbocycles. The molecule has 1 N–H and O–H groups in total. The molecular formula is C20H34N2O3. The van der Waals surface area contributed by atoms with E-state index in [-0.39, 0.29) is 24.0 Å². The maximum Gasteiger partial charge on any atom is 0.317 e. The van der Waals surface area contributed by atoms with Gasteiger partial charge >= 0.3 is 12.0 Å². The molecule has 1 unspecified atom stereocenters. The summed E-state index contributed by atoms with van der Waals surface area (Å²) in [6.07, 6.45) is 13.8. The van der Waals surface area contributed by atoms with Gasteiger partial charge in [0.25, 0.3) is 0 Å². The Labute approximate surface area is 152 Å². The third-order valence-electron chi connectivity index (χ3n) is 5.41. The van der Waals surface area contributed by atoms with E-state index in [1.165, 1.54) is 44.8 Å². The van der Waals surface area contributed by atoms with Crippen LogP contribution in [0.1, 0.15) is 71.1 Å². The van der Waals surface area contributed by atoms with Gasteiger partial charge in [-0.25, -0.2) is 4.79 Å². The molecule has 5 nitrogen and oxygen atoms in total.